The molecule has 96 valence electrons. The van der Waals surface area contributed by atoms with Crippen LogP contribution in [0.5, 0.6) is 0 Å². The van der Waals surface area contributed by atoms with Gasteiger partial charge in [-0.15, -0.1) is 0 Å². The maximum absolute atomic E-state index is 12.2. The minimum atomic E-state index is -3.04. The molecule has 0 bridgehead atoms. The second-order valence-electron chi connectivity index (χ2n) is 4.88. The fraction of sp³-hybridized carbons (Fsp3) is 1.00. The third-order valence-corrected chi connectivity index (χ3v) is 5.40. The van der Waals surface area contributed by atoms with Crippen LogP contribution < -0.4 is 0 Å². The molecule has 3 nitrogen and oxygen atoms in total. The Labute approximate surface area is 108 Å². The van der Waals surface area contributed by atoms with Crippen LogP contribution in [0, 0.1) is 5.92 Å². The molecular formula is C11H22BrNO2S. The molecule has 1 fully saturated rings. The van der Waals surface area contributed by atoms with Crippen LogP contribution >= 0.6 is 15.9 Å². The van der Waals surface area contributed by atoms with Crippen molar-refractivity contribution in [2.45, 2.75) is 45.6 Å². The summed E-state index contributed by atoms with van der Waals surface area (Å²) in [6.45, 7) is 4.74. The lowest BCUT2D eigenvalue weighted by atomic mass is 9.93. The van der Waals surface area contributed by atoms with Crippen molar-refractivity contribution in [2.24, 2.45) is 5.92 Å². The van der Waals surface area contributed by atoms with Crippen LogP contribution in [0.1, 0.15) is 39.5 Å². The highest BCUT2D eigenvalue weighted by molar-refractivity contribution is 9.09. The van der Waals surface area contributed by atoms with E-state index in [1.807, 2.05) is 0 Å². The molecule has 0 N–H and O–H groups in total. The van der Waals surface area contributed by atoms with Gasteiger partial charge in [-0.05, 0) is 25.2 Å². The summed E-state index contributed by atoms with van der Waals surface area (Å²) in [4.78, 5) is 0. The zero-order chi connectivity index (χ0) is 12.2. The van der Waals surface area contributed by atoms with Gasteiger partial charge in [0.15, 0.2) is 0 Å². The molecule has 0 atom stereocenters. The van der Waals surface area contributed by atoms with Crippen molar-refractivity contribution in [2.75, 3.05) is 17.6 Å². The maximum atomic E-state index is 12.2. The van der Waals surface area contributed by atoms with Crippen LogP contribution in [0.3, 0.4) is 0 Å². The van der Waals surface area contributed by atoms with Gasteiger partial charge in [-0.2, -0.15) is 4.31 Å². The molecule has 0 spiro atoms. The Morgan fingerprint density at radius 3 is 2.38 bits per heavy atom. The van der Waals surface area contributed by atoms with E-state index in [0.717, 1.165) is 24.6 Å². The molecule has 0 unspecified atom stereocenters. The second kappa shape index (κ2) is 6.36. The van der Waals surface area contributed by atoms with Crippen molar-refractivity contribution in [1.29, 1.82) is 0 Å². The van der Waals surface area contributed by atoms with E-state index >= 15 is 0 Å². The molecule has 0 aromatic carbocycles. The van der Waals surface area contributed by atoms with E-state index < -0.39 is 10.0 Å². The lowest BCUT2D eigenvalue weighted by Gasteiger charge is -2.36. The Kier molecular flexibility index (Phi) is 5.74. The van der Waals surface area contributed by atoms with Crippen molar-refractivity contribution in [1.82, 2.24) is 4.31 Å². The Morgan fingerprint density at radius 1 is 1.38 bits per heavy atom. The fourth-order valence-electron chi connectivity index (χ4n) is 1.81. The summed E-state index contributed by atoms with van der Waals surface area (Å²) in [6, 6.07) is 0.273. The largest absolute Gasteiger partial charge is 0.214 e. The maximum Gasteiger partial charge on any atom is 0.214 e. The Balaban J connectivity index is 2.60. The molecule has 0 saturated heterocycles. The first kappa shape index (κ1) is 14.5. The van der Waals surface area contributed by atoms with Gasteiger partial charge in [-0.1, -0.05) is 36.2 Å². The molecule has 1 rings (SSSR count). The SMILES string of the molecule is CC(C)CCS(=O)(=O)N(CCBr)C1CCC1. The van der Waals surface area contributed by atoms with Crippen molar-refractivity contribution in [3.05, 3.63) is 0 Å². The first-order valence-electron chi connectivity index (χ1n) is 6.03. The number of alkyl halides is 1. The highest BCUT2D eigenvalue weighted by Crippen LogP contribution is 2.27. The number of sulfonamides is 1. The van der Waals surface area contributed by atoms with Crippen LogP contribution in [-0.4, -0.2) is 36.4 Å². The molecule has 1 aliphatic rings. The van der Waals surface area contributed by atoms with E-state index in [4.69, 9.17) is 0 Å². The number of hydrogen-bond donors (Lipinski definition) is 0. The van der Waals surface area contributed by atoms with Gasteiger partial charge in [-0.3, -0.25) is 0 Å². The van der Waals surface area contributed by atoms with Gasteiger partial charge < -0.3 is 0 Å². The standard InChI is InChI=1S/C11H22BrNO2S/c1-10(2)6-9-16(14,15)13(8-7-12)11-4-3-5-11/h10-11H,3-9H2,1-2H3. The van der Waals surface area contributed by atoms with Crippen LogP contribution in [0.4, 0.5) is 0 Å². The zero-order valence-electron chi connectivity index (χ0n) is 10.2. The summed E-state index contributed by atoms with van der Waals surface area (Å²) in [5.74, 6) is 0.746. The van der Waals surface area contributed by atoms with E-state index in [9.17, 15) is 8.42 Å². The first-order valence-corrected chi connectivity index (χ1v) is 8.76. The zero-order valence-corrected chi connectivity index (χ0v) is 12.6. The van der Waals surface area contributed by atoms with Crippen LogP contribution in [-0.2, 0) is 10.0 Å². The summed E-state index contributed by atoms with van der Waals surface area (Å²) in [5, 5.41) is 0.727. The van der Waals surface area contributed by atoms with Crippen molar-refractivity contribution in [3.8, 4) is 0 Å². The van der Waals surface area contributed by atoms with Gasteiger partial charge in [0.2, 0.25) is 10.0 Å². The highest BCUT2D eigenvalue weighted by atomic mass is 79.9. The molecule has 0 radical (unpaired) electrons. The number of rotatable bonds is 7. The summed E-state index contributed by atoms with van der Waals surface area (Å²) in [5.41, 5.74) is 0. The van der Waals surface area contributed by atoms with Gasteiger partial charge in [0.05, 0.1) is 5.75 Å². The van der Waals surface area contributed by atoms with Crippen LogP contribution in [0.15, 0.2) is 0 Å². The van der Waals surface area contributed by atoms with Gasteiger partial charge in [0, 0.05) is 17.9 Å². The molecule has 0 aromatic rings. The number of hydrogen-bond acceptors (Lipinski definition) is 2. The third kappa shape index (κ3) is 4.00. The van der Waals surface area contributed by atoms with Gasteiger partial charge in [0.1, 0.15) is 0 Å². The topological polar surface area (TPSA) is 37.4 Å². The van der Waals surface area contributed by atoms with Crippen molar-refractivity contribution < 1.29 is 8.42 Å². The smallest absolute Gasteiger partial charge is 0.212 e. The summed E-state index contributed by atoms with van der Waals surface area (Å²) >= 11 is 3.34. The van der Waals surface area contributed by atoms with Gasteiger partial charge in [-0.25, -0.2) is 8.42 Å². The van der Waals surface area contributed by atoms with E-state index in [2.05, 4.69) is 29.8 Å². The van der Waals surface area contributed by atoms with Crippen LogP contribution in [0.25, 0.3) is 0 Å². The fourth-order valence-corrected chi connectivity index (χ4v) is 4.46. The summed E-state index contributed by atoms with van der Waals surface area (Å²) in [6.07, 6.45) is 4.00. The summed E-state index contributed by atoms with van der Waals surface area (Å²) in [7, 11) is -3.04. The second-order valence-corrected chi connectivity index (χ2v) is 7.72. The average Bonchev–Trinajstić information content (AvgIpc) is 2.11. The molecule has 0 heterocycles. The molecule has 0 amide bonds. The highest BCUT2D eigenvalue weighted by Gasteiger charge is 2.32. The molecule has 1 saturated carbocycles. The van der Waals surface area contributed by atoms with Crippen molar-refractivity contribution >= 4 is 26.0 Å². The normalized spacial score (nSPS) is 18.1. The minimum Gasteiger partial charge on any atom is -0.212 e. The molecule has 16 heavy (non-hydrogen) atoms. The van der Waals surface area contributed by atoms with E-state index in [1.165, 1.54) is 6.42 Å². The van der Waals surface area contributed by atoms with E-state index in [-0.39, 0.29) is 6.04 Å². The quantitative estimate of drug-likeness (QED) is 0.678. The molecule has 5 heteroatoms. The van der Waals surface area contributed by atoms with Crippen molar-refractivity contribution in [3.63, 3.8) is 0 Å². The lowest BCUT2D eigenvalue weighted by molar-refractivity contribution is 0.228. The third-order valence-electron chi connectivity index (χ3n) is 3.10. The Bertz CT molecular complexity index is 299. The monoisotopic (exact) mass is 311 g/mol. The predicted molar refractivity (Wildman–Crippen MR) is 71.4 cm³/mol. The van der Waals surface area contributed by atoms with Crippen LogP contribution in [0.2, 0.25) is 0 Å². The number of nitrogens with zero attached hydrogens (tertiary/aromatic N) is 1. The first-order chi connectivity index (χ1) is 7.47. The Morgan fingerprint density at radius 2 is 2.00 bits per heavy atom. The van der Waals surface area contributed by atoms with E-state index in [0.29, 0.717) is 18.2 Å². The molecule has 0 aromatic heterocycles. The predicted octanol–water partition coefficient (Wildman–Crippen LogP) is 2.61. The molecule has 0 aliphatic heterocycles. The molecular weight excluding hydrogens is 290 g/mol. The van der Waals surface area contributed by atoms with Gasteiger partial charge in [0.25, 0.3) is 0 Å². The molecule has 1 aliphatic carbocycles. The minimum absolute atomic E-state index is 0.273. The average molecular weight is 312 g/mol. The lowest BCUT2D eigenvalue weighted by Crippen LogP contribution is -2.46. The number of halogens is 1. The van der Waals surface area contributed by atoms with Gasteiger partial charge >= 0.3 is 0 Å². The van der Waals surface area contributed by atoms with E-state index in [1.54, 1.807) is 4.31 Å². The summed E-state index contributed by atoms with van der Waals surface area (Å²) < 4.78 is 26.0. The Hall–Kier alpha value is 0.390.